The van der Waals surface area contributed by atoms with Crippen LogP contribution in [0, 0.1) is 5.92 Å². The molecule has 134 valence electrons. The zero-order valence-electron chi connectivity index (χ0n) is 14.8. The van der Waals surface area contributed by atoms with E-state index in [-0.39, 0.29) is 23.8 Å². The van der Waals surface area contributed by atoms with Gasteiger partial charge in [-0.25, -0.2) is 0 Å². The Hall–Kier alpha value is -1.82. The summed E-state index contributed by atoms with van der Waals surface area (Å²) in [5.74, 6) is -0.137. The summed E-state index contributed by atoms with van der Waals surface area (Å²) in [6.07, 6.45) is 7.09. The molecule has 0 unspecified atom stereocenters. The average molecular weight is 336 g/mol. The van der Waals surface area contributed by atoms with Crippen LogP contribution in [0.25, 0.3) is 0 Å². The number of carbonyl (C=O) groups is 2. The van der Waals surface area contributed by atoms with Gasteiger partial charge in [0.25, 0.3) is 5.91 Å². The van der Waals surface area contributed by atoms with Gasteiger partial charge in [-0.2, -0.15) is 0 Å². The first-order chi connectivity index (χ1) is 11.5. The fraction of sp³-hybridized carbons (Fsp3) is 0.667. The van der Waals surface area contributed by atoms with Crippen LogP contribution in [-0.4, -0.2) is 37.1 Å². The van der Waals surface area contributed by atoms with Crippen molar-refractivity contribution in [2.75, 3.05) is 13.7 Å². The molecule has 1 aromatic rings. The quantitative estimate of drug-likeness (QED) is 0.802. The lowest BCUT2D eigenvalue weighted by molar-refractivity contribution is -0.130. The van der Waals surface area contributed by atoms with Crippen LogP contribution in [0.2, 0.25) is 0 Å². The third kappa shape index (κ3) is 4.38. The molecule has 0 aromatic carbocycles. The van der Waals surface area contributed by atoms with E-state index < -0.39 is 5.54 Å². The monoisotopic (exact) mass is 336 g/mol. The lowest BCUT2D eigenvalue weighted by atomic mass is 9.80. The van der Waals surface area contributed by atoms with Gasteiger partial charge < -0.3 is 19.8 Å². The summed E-state index contributed by atoms with van der Waals surface area (Å²) < 4.78 is 10.2. The minimum absolute atomic E-state index is 0.0767. The number of furan rings is 1. The number of carbonyl (C=O) groups excluding carboxylic acids is 2. The summed E-state index contributed by atoms with van der Waals surface area (Å²) >= 11 is 0. The highest BCUT2D eigenvalue weighted by atomic mass is 16.5. The van der Waals surface area contributed by atoms with Crippen LogP contribution in [-0.2, 0) is 9.53 Å². The average Bonchev–Trinajstić information content (AvgIpc) is 3.09. The fourth-order valence-electron chi connectivity index (χ4n) is 3.13. The molecule has 0 saturated heterocycles. The van der Waals surface area contributed by atoms with E-state index in [2.05, 4.69) is 10.6 Å². The Labute approximate surface area is 143 Å². The van der Waals surface area contributed by atoms with Gasteiger partial charge in [0.15, 0.2) is 0 Å². The summed E-state index contributed by atoms with van der Waals surface area (Å²) in [4.78, 5) is 25.5. The first kappa shape index (κ1) is 18.5. The molecule has 0 spiro atoms. The van der Waals surface area contributed by atoms with E-state index in [0.717, 1.165) is 19.3 Å². The number of methoxy groups -OCH3 is 1. The number of amides is 2. The number of hydrogen-bond acceptors (Lipinski definition) is 4. The van der Waals surface area contributed by atoms with Gasteiger partial charge in [-0.3, -0.25) is 9.59 Å². The molecule has 1 aromatic heterocycles. The van der Waals surface area contributed by atoms with E-state index in [1.165, 1.54) is 12.5 Å². The summed E-state index contributed by atoms with van der Waals surface area (Å²) in [6, 6.07) is 1.53. The fourth-order valence-corrected chi connectivity index (χ4v) is 3.13. The van der Waals surface area contributed by atoms with Crippen molar-refractivity contribution < 1.29 is 18.7 Å². The molecule has 6 nitrogen and oxygen atoms in total. The topological polar surface area (TPSA) is 80.6 Å². The molecule has 2 amide bonds. The number of nitrogens with one attached hydrogen (secondary N) is 2. The third-order valence-corrected chi connectivity index (χ3v) is 4.75. The molecular weight excluding hydrogens is 308 g/mol. The van der Waals surface area contributed by atoms with Crippen molar-refractivity contribution in [3.63, 3.8) is 0 Å². The first-order valence-electron chi connectivity index (χ1n) is 8.63. The Kier molecular flexibility index (Phi) is 6.43. The van der Waals surface area contributed by atoms with Crippen molar-refractivity contribution >= 4 is 11.8 Å². The Balaban J connectivity index is 2.14. The van der Waals surface area contributed by atoms with Gasteiger partial charge in [-0.05, 0) is 24.8 Å². The highest BCUT2D eigenvalue weighted by Crippen LogP contribution is 2.29. The second kappa shape index (κ2) is 8.33. The van der Waals surface area contributed by atoms with E-state index in [9.17, 15) is 9.59 Å². The predicted octanol–water partition coefficient (Wildman–Crippen LogP) is 2.50. The van der Waals surface area contributed by atoms with Crippen LogP contribution < -0.4 is 10.6 Å². The van der Waals surface area contributed by atoms with Gasteiger partial charge in [0, 0.05) is 7.11 Å². The standard InChI is InChI=1S/C18H28N2O4/c1-13(2)15(12-23-3)19-17(22)18(8-5-4-6-9-18)20-16(21)14-7-10-24-11-14/h7,10-11,13,15H,4-6,8-9,12H2,1-3H3,(H,19,22)(H,20,21)/t15-/m1/s1. The van der Waals surface area contributed by atoms with Gasteiger partial charge in [-0.15, -0.1) is 0 Å². The van der Waals surface area contributed by atoms with Gasteiger partial charge in [0.2, 0.25) is 5.91 Å². The molecule has 0 bridgehead atoms. The second-order valence-corrected chi connectivity index (χ2v) is 6.89. The lowest BCUT2D eigenvalue weighted by Gasteiger charge is -2.38. The molecule has 1 aliphatic rings. The lowest BCUT2D eigenvalue weighted by Crippen LogP contribution is -2.62. The zero-order chi connectivity index (χ0) is 17.6. The van der Waals surface area contributed by atoms with E-state index in [4.69, 9.17) is 9.15 Å². The maximum atomic E-state index is 13.0. The predicted molar refractivity (Wildman–Crippen MR) is 90.6 cm³/mol. The normalized spacial score (nSPS) is 18.2. The van der Waals surface area contributed by atoms with E-state index >= 15 is 0 Å². The zero-order valence-corrected chi connectivity index (χ0v) is 14.8. The number of ether oxygens (including phenoxy) is 1. The van der Waals surface area contributed by atoms with Crippen LogP contribution in [0.4, 0.5) is 0 Å². The van der Waals surface area contributed by atoms with E-state index in [0.29, 0.717) is 25.0 Å². The maximum absolute atomic E-state index is 13.0. The molecule has 0 aliphatic heterocycles. The van der Waals surface area contributed by atoms with Crippen molar-refractivity contribution in [3.8, 4) is 0 Å². The Morgan fingerprint density at radius 2 is 2.00 bits per heavy atom. The van der Waals surface area contributed by atoms with Crippen molar-refractivity contribution in [1.29, 1.82) is 0 Å². The molecule has 2 rings (SSSR count). The van der Waals surface area contributed by atoms with Crippen LogP contribution in [0.15, 0.2) is 23.0 Å². The van der Waals surface area contributed by atoms with Crippen molar-refractivity contribution in [2.45, 2.75) is 57.5 Å². The first-order valence-corrected chi connectivity index (χ1v) is 8.63. The molecular formula is C18H28N2O4. The number of hydrogen-bond donors (Lipinski definition) is 2. The highest BCUT2D eigenvalue weighted by molar-refractivity contribution is 5.99. The molecule has 1 saturated carbocycles. The van der Waals surface area contributed by atoms with Gasteiger partial charge >= 0.3 is 0 Å². The van der Waals surface area contributed by atoms with Crippen LogP contribution in [0.3, 0.4) is 0 Å². The molecule has 6 heteroatoms. The van der Waals surface area contributed by atoms with Crippen molar-refractivity contribution in [3.05, 3.63) is 24.2 Å². The Morgan fingerprint density at radius 1 is 1.29 bits per heavy atom. The molecule has 1 fully saturated rings. The number of rotatable bonds is 7. The molecule has 0 radical (unpaired) electrons. The maximum Gasteiger partial charge on any atom is 0.255 e. The van der Waals surface area contributed by atoms with Crippen LogP contribution >= 0.6 is 0 Å². The van der Waals surface area contributed by atoms with Gasteiger partial charge in [0.1, 0.15) is 11.8 Å². The van der Waals surface area contributed by atoms with Gasteiger partial charge in [-0.1, -0.05) is 33.1 Å². The third-order valence-electron chi connectivity index (χ3n) is 4.75. The van der Waals surface area contributed by atoms with Crippen molar-refractivity contribution in [1.82, 2.24) is 10.6 Å². The van der Waals surface area contributed by atoms with Gasteiger partial charge in [0.05, 0.1) is 24.5 Å². The second-order valence-electron chi connectivity index (χ2n) is 6.89. The largest absolute Gasteiger partial charge is 0.472 e. The summed E-state index contributed by atoms with van der Waals surface area (Å²) in [5, 5.41) is 6.05. The van der Waals surface area contributed by atoms with Crippen LogP contribution in [0.1, 0.15) is 56.3 Å². The highest BCUT2D eigenvalue weighted by Gasteiger charge is 2.42. The Morgan fingerprint density at radius 3 is 2.54 bits per heavy atom. The molecule has 1 heterocycles. The Bertz CT molecular complexity index is 533. The van der Waals surface area contributed by atoms with E-state index in [1.807, 2.05) is 13.8 Å². The molecule has 2 N–H and O–H groups in total. The molecule has 1 aliphatic carbocycles. The SMILES string of the molecule is COC[C@@H](NC(=O)C1(NC(=O)c2ccoc2)CCCCC1)C(C)C. The minimum Gasteiger partial charge on any atom is -0.472 e. The van der Waals surface area contributed by atoms with E-state index in [1.54, 1.807) is 13.2 Å². The molecule has 1 atom stereocenters. The summed E-state index contributed by atoms with van der Waals surface area (Å²) in [5.41, 5.74) is -0.418. The minimum atomic E-state index is -0.854. The smallest absolute Gasteiger partial charge is 0.255 e. The summed E-state index contributed by atoms with van der Waals surface area (Å²) in [6.45, 7) is 4.54. The van der Waals surface area contributed by atoms with Crippen molar-refractivity contribution in [2.24, 2.45) is 5.92 Å². The van der Waals surface area contributed by atoms with Crippen LogP contribution in [0.5, 0.6) is 0 Å². The molecule has 24 heavy (non-hydrogen) atoms. The summed E-state index contributed by atoms with van der Waals surface area (Å²) in [7, 11) is 1.62.